The Labute approximate surface area is 94.3 Å². The molecule has 1 rings (SSSR count). The van der Waals surface area contributed by atoms with E-state index in [1.807, 2.05) is 19.9 Å². The Kier molecular flexibility index (Phi) is 4.44. The minimum absolute atomic E-state index is 0.0497. The second-order valence-corrected chi connectivity index (χ2v) is 3.49. The minimum atomic E-state index is -0.412. The van der Waals surface area contributed by atoms with E-state index in [0.29, 0.717) is 5.69 Å². The number of hydrazone groups is 1. The monoisotopic (exact) mass is 221 g/mol. The first-order chi connectivity index (χ1) is 7.65. The molecule has 0 saturated carbocycles. The fourth-order valence-electron chi connectivity index (χ4n) is 1.20. The van der Waals surface area contributed by atoms with Gasteiger partial charge in [-0.15, -0.1) is 0 Å². The van der Waals surface area contributed by atoms with Gasteiger partial charge >= 0.3 is 0 Å². The van der Waals surface area contributed by atoms with Gasteiger partial charge in [0.05, 0.1) is 4.92 Å². The van der Waals surface area contributed by atoms with Crippen LogP contribution in [0.25, 0.3) is 0 Å². The fraction of sp³-hybridized carbons (Fsp3) is 0.364. The Balaban J connectivity index is 2.82. The van der Waals surface area contributed by atoms with Crippen LogP contribution in [0.1, 0.15) is 25.3 Å². The van der Waals surface area contributed by atoms with Crippen LogP contribution >= 0.6 is 0 Å². The Bertz CT molecular complexity index is 402. The standard InChI is InChI=1S/C11H15N3O2/c1-3-4-7-12-13-10-6-5-9(2)8-11(10)14(15)16/h5-8,13H,3-4H2,1-2H3/b12-7+. The third-order valence-electron chi connectivity index (χ3n) is 2.04. The van der Waals surface area contributed by atoms with Gasteiger partial charge in [0.25, 0.3) is 5.69 Å². The predicted molar refractivity (Wildman–Crippen MR) is 64.9 cm³/mol. The molecule has 0 aromatic heterocycles. The number of nitrogens with zero attached hydrogens (tertiary/aromatic N) is 2. The van der Waals surface area contributed by atoms with Crippen molar-refractivity contribution in [3.05, 3.63) is 33.9 Å². The summed E-state index contributed by atoms with van der Waals surface area (Å²) < 4.78 is 0. The third kappa shape index (κ3) is 3.34. The Morgan fingerprint density at radius 1 is 1.56 bits per heavy atom. The second kappa shape index (κ2) is 5.85. The molecule has 16 heavy (non-hydrogen) atoms. The highest BCUT2D eigenvalue weighted by Gasteiger charge is 2.12. The number of aryl methyl sites for hydroxylation is 1. The molecule has 86 valence electrons. The van der Waals surface area contributed by atoms with Gasteiger partial charge in [-0.05, 0) is 25.0 Å². The molecule has 0 radical (unpaired) electrons. The van der Waals surface area contributed by atoms with Crippen molar-refractivity contribution in [2.24, 2.45) is 5.10 Å². The van der Waals surface area contributed by atoms with Crippen LogP contribution < -0.4 is 5.43 Å². The number of nitro groups is 1. The minimum Gasteiger partial charge on any atom is -0.272 e. The number of nitro benzene ring substituents is 1. The summed E-state index contributed by atoms with van der Waals surface area (Å²) in [7, 11) is 0. The lowest BCUT2D eigenvalue weighted by Gasteiger charge is -2.02. The van der Waals surface area contributed by atoms with Gasteiger partial charge in [-0.2, -0.15) is 5.10 Å². The van der Waals surface area contributed by atoms with Gasteiger partial charge in [0, 0.05) is 12.3 Å². The molecule has 0 aliphatic carbocycles. The molecule has 0 fully saturated rings. The zero-order chi connectivity index (χ0) is 12.0. The van der Waals surface area contributed by atoms with Gasteiger partial charge in [-0.25, -0.2) is 0 Å². The Morgan fingerprint density at radius 2 is 2.31 bits per heavy atom. The van der Waals surface area contributed by atoms with E-state index in [1.54, 1.807) is 12.3 Å². The van der Waals surface area contributed by atoms with E-state index in [2.05, 4.69) is 10.5 Å². The number of rotatable bonds is 5. The van der Waals surface area contributed by atoms with Crippen LogP contribution in [0.5, 0.6) is 0 Å². The predicted octanol–water partition coefficient (Wildman–Crippen LogP) is 3.10. The lowest BCUT2D eigenvalue weighted by molar-refractivity contribution is -0.384. The fourth-order valence-corrected chi connectivity index (χ4v) is 1.20. The second-order valence-electron chi connectivity index (χ2n) is 3.49. The number of benzene rings is 1. The van der Waals surface area contributed by atoms with Crippen LogP contribution in [0.2, 0.25) is 0 Å². The summed E-state index contributed by atoms with van der Waals surface area (Å²) >= 11 is 0. The van der Waals surface area contributed by atoms with Gasteiger partial charge in [-0.3, -0.25) is 15.5 Å². The van der Waals surface area contributed by atoms with Crippen molar-refractivity contribution in [2.45, 2.75) is 26.7 Å². The van der Waals surface area contributed by atoms with Crippen molar-refractivity contribution in [1.29, 1.82) is 0 Å². The van der Waals surface area contributed by atoms with Crippen LogP contribution in [0.3, 0.4) is 0 Å². The summed E-state index contributed by atoms with van der Waals surface area (Å²) in [6, 6.07) is 5.00. The zero-order valence-corrected chi connectivity index (χ0v) is 9.43. The van der Waals surface area contributed by atoms with Gasteiger partial charge in [0.2, 0.25) is 0 Å². The summed E-state index contributed by atoms with van der Waals surface area (Å²) in [5.74, 6) is 0. The molecule has 1 aromatic carbocycles. The first-order valence-electron chi connectivity index (χ1n) is 5.17. The molecular formula is C11H15N3O2. The highest BCUT2D eigenvalue weighted by molar-refractivity contribution is 5.65. The maximum absolute atomic E-state index is 10.8. The van der Waals surface area contributed by atoms with Crippen LogP contribution in [0.4, 0.5) is 11.4 Å². The number of anilines is 1. The quantitative estimate of drug-likeness (QED) is 0.472. The van der Waals surface area contributed by atoms with E-state index in [-0.39, 0.29) is 5.69 Å². The third-order valence-corrected chi connectivity index (χ3v) is 2.04. The molecule has 1 N–H and O–H groups in total. The van der Waals surface area contributed by atoms with Crippen molar-refractivity contribution in [2.75, 3.05) is 5.43 Å². The SMILES string of the molecule is CCC/C=N/Nc1ccc(C)cc1[N+](=O)[O-]. The summed E-state index contributed by atoms with van der Waals surface area (Å²) in [5, 5.41) is 14.7. The molecule has 0 saturated heterocycles. The van der Waals surface area contributed by atoms with Gasteiger partial charge < -0.3 is 0 Å². The topological polar surface area (TPSA) is 67.5 Å². The molecule has 0 atom stereocenters. The van der Waals surface area contributed by atoms with E-state index in [4.69, 9.17) is 0 Å². The highest BCUT2D eigenvalue weighted by atomic mass is 16.6. The number of hydrogen-bond acceptors (Lipinski definition) is 4. The number of hydrogen-bond donors (Lipinski definition) is 1. The molecule has 0 aliphatic rings. The molecule has 0 unspecified atom stereocenters. The Hall–Kier alpha value is -1.91. The van der Waals surface area contributed by atoms with Crippen LogP contribution in [0.15, 0.2) is 23.3 Å². The zero-order valence-electron chi connectivity index (χ0n) is 9.43. The summed E-state index contributed by atoms with van der Waals surface area (Å²) in [6.45, 7) is 3.86. The lowest BCUT2D eigenvalue weighted by Crippen LogP contribution is -1.97. The Morgan fingerprint density at radius 3 is 2.94 bits per heavy atom. The normalized spacial score (nSPS) is 10.6. The van der Waals surface area contributed by atoms with Crippen LogP contribution in [-0.2, 0) is 0 Å². The average molecular weight is 221 g/mol. The number of nitrogens with one attached hydrogen (secondary N) is 1. The lowest BCUT2D eigenvalue weighted by atomic mass is 10.2. The molecule has 1 aromatic rings. The van der Waals surface area contributed by atoms with Crippen molar-refractivity contribution in [3.63, 3.8) is 0 Å². The molecule has 5 nitrogen and oxygen atoms in total. The molecular weight excluding hydrogens is 206 g/mol. The maximum Gasteiger partial charge on any atom is 0.294 e. The molecule has 5 heteroatoms. The first kappa shape index (κ1) is 12.2. The first-order valence-corrected chi connectivity index (χ1v) is 5.17. The van der Waals surface area contributed by atoms with Crippen molar-refractivity contribution in [1.82, 2.24) is 0 Å². The van der Waals surface area contributed by atoms with Crippen molar-refractivity contribution >= 4 is 17.6 Å². The van der Waals surface area contributed by atoms with Crippen molar-refractivity contribution in [3.8, 4) is 0 Å². The molecule has 0 spiro atoms. The molecule has 0 amide bonds. The molecule has 0 bridgehead atoms. The van der Waals surface area contributed by atoms with E-state index in [1.165, 1.54) is 6.07 Å². The van der Waals surface area contributed by atoms with Crippen LogP contribution in [-0.4, -0.2) is 11.1 Å². The average Bonchev–Trinajstić information content (AvgIpc) is 2.26. The molecule has 0 heterocycles. The van der Waals surface area contributed by atoms with Crippen LogP contribution in [0, 0.1) is 17.0 Å². The van der Waals surface area contributed by atoms with Gasteiger partial charge in [-0.1, -0.05) is 19.4 Å². The van der Waals surface area contributed by atoms with Gasteiger partial charge in [0.15, 0.2) is 0 Å². The van der Waals surface area contributed by atoms with E-state index < -0.39 is 4.92 Å². The summed E-state index contributed by atoms with van der Waals surface area (Å²) in [4.78, 5) is 10.4. The maximum atomic E-state index is 10.8. The highest BCUT2D eigenvalue weighted by Crippen LogP contribution is 2.24. The number of unbranched alkanes of at least 4 members (excludes halogenated alkanes) is 1. The van der Waals surface area contributed by atoms with Gasteiger partial charge in [0.1, 0.15) is 5.69 Å². The van der Waals surface area contributed by atoms with E-state index in [0.717, 1.165) is 18.4 Å². The summed E-state index contributed by atoms with van der Waals surface area (Å²) in [5.41, 5.74) is 4.01. The molecule has 0 aliphatic heterocycles. The largest absolute Gasteiger partial charge is 0.294 e. The van der Waals surface area contributed by atoms with Crippen molar-refractivity contribution < 1.29 is 4.92 Å². The van der Waals surface area contributed by atoms with E-state index in [9.17, 15) is 10.1 Å². The van der Waals surface area contributed by atoms with E-state index >= 15 is 0 Å². The smallest absolute Gasteiger partial charge is 0.272 e. The summed E-state index contributed by atoms with van der Waals surface area (Å²) in [6.07, 6.45) is 3.57.